The van der Waals surface area contributed by atoms with E-state index in [1.807, 2.05) is 31.2 Å². The van der Waals surface area contributed by atoms with Crippen LogP contribution in [0.5, 0.6) is 0 Å². The predicted molar refractivity (Wildman–Crippen MR) is 114 cm³/mol. The maximum absolute atomic E-state index is 12.9. The molecule has 0 aliphatic carbocycles. The second-order valence-corrected chi connectivity index (χ2v) is 7.73. The number of hydrogen-bond acceptors (Lipinski definition) is 3. The number of H-pyrrole nitrogens is 1. The van der Waals surface area contributed by atoms with Crippen molar-refractivity contribution in [3.63, 3.8) is 0 Å². The molecular weight excluding hydrogens is 411 g/mol. The number of benzene rings is 2. The van der Waals surface area contributed by atoms with E-state index in [9.17, 15) is 14.7 Å². The minimum atomic E-state index is -0.738. The van der Waals surface area contributed by atoms with E-state index < -0.39 is 17.7 Å². The van der Waals surface area contributed by atoms with E-state index in [1.54, 1.807) is 24.4 Å². The molecule has 1 aliphatic heterocycles. The number of aliphatic hydroxyl groups is 1. The summed E-state index contributed by atoms with van der Waals surface area (Å²) in [7, 11) is 0. The van der Waals surface area contributed by atoms with Gasteiger partial charge in [0.1, 0.15) is 5.76 Å². The Labute approximate surface area is 177 Å². The Morgan fingerprint density at radius 2 is 1.90 bits per heavy atom. The second kappa shape index (κ2) is 7.58. The number of carbonyl (C=O) groups excluding carboxylic acids is 2. The predicted octanol–water partition coefficient (Wildman–Crippen LogP) is 5.31. The molecule has 0 radical (unpaired) electrons. The van der Waals surface area contributed by atoms with Gasteiger partial charge >= 0.3 is 0 Å². The van der Waals surface area contributed by atoms with Gasteiger partial charge in [-0.1, -0.05) is 54.4 Å². The number of fused-ring (bicyclic) bond motifs is 1. The molecule has 2 N–H and O–H groups in total. The SMILES string of the molecule is CCCN1C(=O)C(=O)/C(=C(\O)c2c[nH]c3ccccc23)C1c1ccc(Cl)c(Cl)c1. The second-order valence-electron chi connectivity index (χ2n) is 6.91. The van der Waals surface area contributed by atoms with Gasteiger partial charge in [-0.3, -0.25) is 9.59 Å². The smallest absolute Gasteiger partial charge is 0.295 e. The van der Waals surface area contributed by atoms with Crippen LogP contribution in [0, 0.1) is 0 Å². The molecule has 0 saturated carbocycles. The molecule has 0 spiro atoms. The highest BCUT2D eigenvalue weighted by Crippen LogP contribution is 2.41. The van der Waals surface area contributed by atoms with Crippen molar-refractivity contribution in [2.45, 2.75) is 19.4 Å². The molecule has 0 bridgehead atoms. The molecule has 1 atom stereocenters. The molecule has 148 valence electrons. The number of likely N-dealkylation sites (tertiary alicyclic amines) is 1. The van der Waals surface area contributed by atoms with Gasteiger partial charge in [0.25, 0.3) is 11.7 Å². The fourth-order valence-electron chi connectivity index (χ4n) is 3.79. The normalized spacial score (nSPS) is 18.7. The molecule has 7 heteroatoms. The number of rotatable bonds is 4. The van der Waals surface area contributed by atoms with Gasteiger partial charge in [0.05, 0.1) is 21.7 Å². The average molecular weight is 429 g/mol. The zero-order valence-electron chi connectivity index (χ0n) is 15.6. The number of halogens is 2. The molecule has 1 amide bonds. The molecule has 3 aromatic rings. The number of nitrogens with one attached hydrogen (secondary N) is 1. The van der Waals surface area contributed by atoms with Crippen molar-refractivity contribution in [1.82, 2.24) is 9.88 Å². The minimum Gasteiger partial charge on any atom is -0.507 e. The summed E-state index contributed by atoms with van der Waals surface area (Å²) in [6, 6.07) is 11.7. The third-order valence-corrected chi connectivity index (χ3v) is 5.85. The van der Waals surface area contributed by atoms with Crippen LogP contribution in [-0.4, -0.2) is 33.2 Å². The topological polar surface area (TPSA) is 73.4 Å². The van der Waals surface area contributed by atoms with Crippen molar-refractivity contribution >= 4 is 51.6 Å². The summed E-state index contributed by atoms with van der Waals surface area (Å²) in [5, 5.41) is 12.6. The van der Waals surface area contributed by atoms with Gasteiger partial charge in [-0.2, -0.15) is 0 Å². The molecule has 2 heterocycles. The zero-order valence-corrected chi connectivity index (χ0v) is 17.1. The quantitative estimate of drug-likeness (QED) is 0.336. The van der Waals surface area contributed by atoms with Crippen LogP contribution in [0.4, 0.5) is 0 Å². The highest BCUT2D eigenvalue weighted by Gasteiger charge is 2.46. The number of para-hydroxylation sites is 1. The number of carbonyl (C=O) groups is 2. The van der Waals surface area contributed by atoms with E-state index in [2.05, 4.69) is 4.98 Å². The molecular formula is C22H18Cl2N2O3. The van der Waals surface area contributed by atoms with Gasteiger partial charge in [-0.05, 0) is 30.2 Å². The summed E-state index contributed by atoms with van der Waals surface area (Å²) in [5.74, 6) is -1.56. The van der Waals surface area contributed by atoms with E-state index in [4.69, 9.17) is 23.2 Å². The minimum absolute atomic E-state index is 0.0478. The van der Waals surface area contributed by atoms with Crippen LogP contribution in [0.1, 0.15) is 30.5 Å². The van der Waals surface area contributed by atoms with Crippen molar-refractivity contribution < 1.29 is 14.7 Å². The monoisotopic (exact) mass is 428 g/mol. The molecule has 1 saturated heterocycles. The molecule has 5 nitrogen and oxygen atoms in total. The number of aliphatic hydroxyl groups excluding tert-OH is 1. The summed E-state index contributed by atoms with van der Waals surface area (Å²) in [5.41, 5.74) is 1.96. The maximum atomic E-state index is 12.9. The van der Waals surface area contributed by atoms with Crippen LogP contribution >= 0.6 is 23.2 Å². The lowest BCUT2D eigenvalue weighted by Gasteiger charge is -2.25. The number of nitrogens with zero attached hydrogens (tertiary/aromatic N) is 1. The van der Waals surface area contributed by atoms with Crippen molar-refractivity contribution in [3.8, 4) is 0 Å². The number of aromatic nitrogens is 1. The van der Waals surface area contributed by atoms with E-state index in [1.165, 1.54) is 4.90 Å². The van der Waals surface area contributed by atoms with E-state index >= 15 is 0 Å². The van der Waals surface area contributed by atoms with E-state index in [0.717, 1.165) is 10.9 Å². The molecule has 4 rings (SSSR count). The Morgan fingerprint density at radius 1 is 1.14 bits per heavy atom. The Bertz CT molecular complexity index is 1170. The van der Waals surface area contributed by atoms with Gasteiger partial charge in [0, 0.05) is 29.2 Å². The summed E-state index contributed by atoms with van der Waals surface area (Å²) >= 11 is 12.2. The van der Waals surface area contributed by atoms with Crippen molar-refractivity contribution in [2.75, 3.05) is 6.54 Å². The lowest BCUT2D eigenvalue weighted by molar-refractivity contribution is -0.139. The third-order valence-electron chi connectivity index (χ3n) is 5.11. The van der Waals surface area contributed by atoms with Crippen molar-refractivity contribution in [1.29, 1.82) is 0 Å². The van der Waals surface area contributed by atoms with Crippen molar-refractivity contribution in [2.24, 2.45) is 0 Å². The van der Waals surface area contributed by atoms with Crippen LogP contribution in [0.25, 0.3) is 16.7 Å². The van der Waals surface area contributed by atoms with E-state index in [-0.39, 0.29) is 11.3 Å². The number of Topliss-reactive ketones (excluding diaryl/α,β-unsaturated/α-hetero) is 1. The average Bonchev–Trinajstić information content (AvgIpc) is 3.25. The van der Waals surface area contributed by atoms with Crippen LogP contribution in [-0.2, 0) is 9.59 Å². The van der Waals surface area contributed by atoms with Crippen LogP contribution in [0.2, 0.25) is 10.0 Å². The Balaban J connectivity index is 1.94. The molecule has 1 aromatic heterocycles. The first-order valence-electron chi connectivity index (χ1n) is 9.24. The van der Waals surface area contributed by atoms with Gasteiger partial charge in [0.15, 0.2) is 0 Å². The molecule has 2 aromatic carbocycles. The summed E-state index contributed by atoms with van der Waals surface area (Å²) in [6.07, 6.45) is 2.30. The molecule has 1 aliphatic rings. The highest BCUT2D eigenvalue weighted by atomic mass is 35.5. The van der Waals surface area contributed by atoms with Gasteiger partial charge in [-0.25, -0.2) is 0 Å². The zero-order chi connectivity index (χ0) is 20.7. The van der Waals surface area contributed by atoms with Crippen LogP contribution in [0.15, 0.2) is 54.2 Å². The largest absolute Gasteiger partial charge is 0.507 e. The number of amides is 1. The van der Waals surface area contributed by atoms with Crippen LogP contribution in [0.3, 0.4) is 0 Å². The maximum Gasteiger partial charge on any atom is 0.295 e. The summed E-state index contributed by atoms with van der Waals surface area (Å²) in [4.78, 5) is 30.2. The van der Waals surface area contributed by atoms with Crippen LogP contribution < -0.4 is 0 Å². The Morgan fingerprint density at radius 3 is 2.62 bits per heavy atom. The summed E-state index contributed by atoms with van der Waals surface area (Å²) < 4.78 is 0. The molecule has 1 fully saturated rings. The molecule has 29 heavy (non-hydrogen) atoms. The van der Waals surface area contributed by atoms with Crippen molar-refractivity contribution in [3.05, 3.63) is 75.4 Å². The Kier molecular flexibility index (Phi) is 5.11. The standard InChI is InChI=1S/C22H18Cl2N2O3/c1-2-9-26-19(12-7-8-15(23)16(24)10-12)18(21(28)22(26)29)20(27)14-11-25-17-6-4-3-5-13(14)17/h3-8,10-11,19,25,27H,2,9H2,1H3/b20-18-. The first-order chi connectivity index (χ1) is 13.9. The first-order valence-corrected chi connectivity index (χ1v) is 9.99. The fraction of sp³-hybridized carbons (Fsp3) is 0.182. The third kappa shape index (κ3) is 3.20. The Hall–Kier alpha value is -2.76. The first kappa shape index (κ1) is 19.6. The number of hydrogen-bond donors (Lipinski definition) is 2. The van der Waals surface area contributed by atoms with Gasteiger partial charge in [-0.15, -0.1) is 0 Å². The summed E-state index contributed by atoms with van der Waals surface area (Å²) in [6.45, 7) is 2.30. The molecule has 1 unspecified atom stereocenters. The lowest BCUT2D eigenvalue weighted by Crippen LogP contribution is -2.30. The number of aromatic amines is 1. The van der Waals surface area contributed by atoms with Gasteiger partial charge in [0.2, 0.25) is 0 Å². The number of ketones is 1. The lowest BCUT2D eigenvalue weighted by atomic mass is 9.95. The highest BCUT2D eigenvalue weighted by molar-refractivity contribution is 6.47. The van der Waals surface area contributed by atoms with Gasteiger partial charge < -0.3 is 15.0 Å². The van der Waals surface area contributed by atoms with E-state index in [0.29, 0.717) is 34.1 Å². The fourth-order valence-corrected chi connectivity index (χ4v) is 4.10.